The molecule has 8 heteroatoms. The van der Waals surface area contributed by atoms with Crippen molar-refractivity contribution in [3.8, 4) is 11.5 Å². The molecule has 0 radical (unpaired) electrons. The summed E-state index contributed by atoms with van der Waals surface area (Å²) in [6.45, 7) is 7.54. The minimum Gasteiger partial charge on any atom is -0.493 e. The number of carbonyl (C=O) groups excluding carboxylic acids is 2. The van der Waals surface area contributed by atoms with E-state index in [4.69, 9.17) is 25.8 Å². The van der Waals surface area contributed by atoms with Crippen LogP contribution in [-0.2, 0) is 22.4 Å². The summed E-state index contributed by atoms with van der Waals surface area (Å²) in [5, 5.41) is 3.38. The molecule has 0 aliphatic carbocycles. The van der Waals surface area contributed by atoms with Gasteiger partial charge in [-0.1, -0.05) is 57.3 Å². The smallest absolute Gasteiger partial charge is 0.407 e. The van der Waals surface area contributed by atoms with Crippen molar-refractivity contribution in [3.05, 3.63) is 52.5 Å². The van der Waals surface area contributed by atoms with Gasteiger partial charge in [-0.25, -0.2) is 4.79 Å². The van der Waals surface area contributed by atoms with E-state index in [-0.39, 0.29) is 12.1 Å². The fraction of sp³-hybridized carbons (Fsp3) is 0.500. The molecule has 0 fully saturated rings. The number of thioether (sulfide) groups is 1. The van der Waals surface area contributed by atoms with E-state index in [0.29, 0.717) is 43.4 Å². The summed E-state index contributed by atoms with van der Waals surface area (Å²) in [5.41, 5.74) is 2.31. The maximum atomic E-state index is 11.7. The molecule has 6 nitrogen and oxygen atoms in total. The molecule has 198 valence electrons. The third kappa shape index (κ3) is 11.1. The standard InChI is InChI=1S/C28H38ClNO5S/c1-4-7-16-34-28(32)30-15-14-21-10-11-22(9-5-2)25(19-21)33-17-8-18-36-26-13-12-23(20-24(26)29)35-27(31)6-3/h10-13,19-20H,4-9,14-18H2,1-3H3,(H,30,32). The Morgan fingerprint density at radius 2 is 1.81 bits per heavy atom. The van der Waals surface area contributed by atoms with Gasteiger partial charge in [0.05, 0.1) is 18.2 Å². The number of unbranched alkanes of at least 4 members (excludes halogenated alkanes) is 1. The zero-order valence-electron chi connectivity index (χ0n) is 21.6. The lowest BCUT2D eigenvalue weighted by molar-refractivity contribution is -0.134. The third-order valence-corrected chi connectivity index (χ3v) is 6.88. The average Bonchev–Trinajstić information content (AvgIpc) is 2.86. The number of nitrogens with one attached hydrogen (secondary N) is 1. The van der Waals surface area contributed by atoms with Gasteiger partial charge in [-0.3, -0.25) is 4.79 Å². The first-order chi connectivity index (χ1) is 17.5. The largest absolute Gasteiger partial charge is 0.493 e. The number of benzene rings is 2. The zero-order chi connectivity index (χ0) is 26.2. The summed E-state index contributed by atoms with van der Waals surface area (Å²) < 4.78 is 16.5. The summed E-state index contributed by atoms with van der Waals surface area (Å²) in [7, 11) is 0. The summed E-state index contributed by atoms with van der Waals surface area (Å²) in [5.74, 6) is 1.94. The van der Waals surface area contributed by atoms with Gasteiger partial charge in [-0.2, -0.15) is 0 Å². The monoisotopic (exact) mass is 535 g/mol. The van der Waals surface area contributed by atoms with Gasteiger partial charge in [-0.05, 0) is 55.0 Å². The van der Waals surface area contributed by atoms with Gasteiger partial charge in [-0.15, -0.1) is 11.8 Å². The molecule has 0 aliphatic rings. The number of aryl methyl sites for hydroxylation is 1. The molecule has 36 heavy (non-hydrogen) atoms. The molecule has 0 saturated heterocycles. The van der Waals surface area contributed by atoms with E-state index in [2.05, 4.69) is 37.4 Å². The van der Waals surface area contributed by atoms with Gasteiger partial charge in [0.25, 0.3) is 0 Å². The maximum absolute atomic E-state index is 11.7. The third-order valence-electron chi connectivity index (χ3n) is 5.29. The molecule has 0 heterocycles. The maximum Gasteiger partial charge on any atom is 0.407 e. The van der Waals surface area contributed by atoms with Crippen molar-refractivity contribution in [1.29, 1.82) is 0 Å². The fourth-order valence-corrected chi connectivity index (χ4v) is 4.50. The van der Waals surface area contributed by atoms with E-state index in [1.165, 1.54) is 5.56 Å². The van der Waals surface area contributed by atoms with E-state index < -0.39 is 0 Å². The van der Waals surface area contributed by atoms with Crippen LogP contribution in [0.25, 0.3) is 0 Å². The Morgan fingerprint density at radius 3 is 2.53 bits per heavy atom. The molecule has 0 bridgehead atoms. The molecule has 0 aromatic heterocycles. The number of alkyl carbamates (subject to hydrolysis) is 1. The van der Waals surface area contributed by atoms with Crippen molar-refractivity contribution in [2.75, 3.05) is 25.5 Å². The minimum atomic E-state index is -0.364. The topological polar surface area (TPSA) is 73.9 Å². The number of esters is 1. The summed E-state index contributed by atoms with van der Waals surface area (Å²) >= 11 is 8.00. The van der Waals surface area contributed by atoms with Gasteiger partial charge in [0.1, 0.15) is 11.5 Å². The van der Waals surface area contributed by atoms with Crippen molar-refractivity contribution in [3.63, 3.8) is 0 Å². The van der Waals surface area contributed by atoms with Gasteiger partial charge in [0, 0.05) is 29.7 Å². The highest BCUT2D eigenvalue weighted by molar-refractivity contribution is 7.99. The van der Waals surface area contributed by atoms with Gasteiger partial charge >= 0.3 is 12.1 Å². The quantitative estimate of drug-likeness (QED) is 0.106. The molecule has 2 aromatic carbocycles. The van der Waals surface area contributed by atoms with Crippen LogP contribution in [0.3, 0.4) is 0 Å². The summed E-state index contributed by atoms with van der Waals surface area (Å²) in [6.07, 6.45) is 5.39. The van der Waals surface area contributed by atoms with E-state index in [9.17, 15) is 9.59 Å². The molecule has 1 N–H and O–H groups in total. The molecular formula is C28H38ClNO5S. The molecule has 0 aliphatic heterocycles. The first-order valence-electron chi connectivity index (χ1n) is 12.7. The van der Waals surface area contributed by atoms with Gasteiger partial charge < -0.3 is 19.5 Å². The SMILES string of the molecule is CCCCOC(=O)NCCc1ccc(CCC)c(OCCCSc2ccc(OC(=O)CC)cc2Cl)c1. The summed E-state index contributed by atoms with van der Waals surface area (Å²) in [4.78, 5) is 24.1. The number of carbonyl (C=O) groups is 2. The lowest BCUT2D eigenvalue weighted by atomic mass is 10.0. The molecular weight excluding hydrogens is 498 g/mol. The second-order valence-corrected chi connectivity index (χ2v) is 9.87. The Balaban J connectivity index is 1.80. The van der Waals surface area contributed by atoms with Gasteiger partial charge in [0.15, 0.2) is 0 Å². The Morgan fingerprint density at radius 1 is 0.972 bits per heavy atom. The highest BCUT2D eigenvalue weighted by atomic mass is 35.5. The van der Waals surface area contributed by atoms with E-state index >= 15 is 0 Å². The Hall–Kier alpha value is -2.38. The number of halogens is 1. The summed E-state index contributed by atoms with van der Waals surface area (Å²) in [6, 6.07) is 11.6. The lowest BCUT2D eigenvalue weighted by Crippen LogP contribution is -2.26. The molecule has 1 amide bonds. The zero-order valence-corrected chi connectivity index (χ0v) is 23.1. The molecule has 0 unspecified atom stereocenters. The van der Waals surface area contributed by atoms with Crippen LogP contribution in [0.15, 0.2) is 41.3 Å². The Labute approximate surface area is 224 Å². The highest BCUT2D eigenvalue weighted by Gasteiger charge is 2.09. The molecule has 2 aromatic rings. The highest BCUT2D eigenvalue weighted by Crippen LogP contribution is 2.31. The number of hydrogen-bond acceptors (Lipinski definition) is 6. The van der Waals surface area contributed by atoms with Crippen molar-refractivity contribution < 1.29 is 23.8 Å². The first-order valence-corrected chi connectivity index (χ1v) is 14.1. The van der Waals surface area contributed by atoms with E-state index in [1.54, 1.807) is 30.8 Å². The second kappa shape index (κ2) is 17.1. The Kier molecular flexibility index (Phi) is 14.2. The minimum absolute atomic E-state index is 0.281. The van der Waals surface area contributed by atoms with Crippen LogP contribution >= 0.6 is 23.4 Å². The van der Waals surface area contributed by atoms with E-state index in [0.717, 1.165) is 54.1 Å². The predicted octanol–water partition coefficient (Wildman–Crippen LogP) is 7.24. The number of rotatable bonds is 16. The normalized spacial score (nSPS) is 10.7. The molecule has 2 rings (SSSR count). The van der Waals surface area contributed by atoms with Crippen LogP contribution in [-0.4, -0.2) is 37.6 Å². The van der Waals surface area contributed by atoms with Crippen LogP contribution in [0, 0.1) is 0 Å². The average molecular weight is 536 g/mol. The van der Waals surface area contributed by atoms with Crippen LogP contribution < -0.4 is 14.8 Å². The van der Waals surface area contributed by atoms with Crippen LogP contribution in [0.5, 0.6) is 11.5 Å². The van der Waals surface area contributed by atoms with E-state index in [1.807, 2.05) is 6.07 Å². The van der Waals surface area contributed by atoms with Crippen LogP contribution in [0.2, 0.25) is 5.02 Å². The van der Waals surface area contributed by atoms with Crippen molar-refractivity contribution in [2.45, 2.75) is 70.6 Å². The molecule has 0 saturated carbocycles. The number of ether oxygens (including phenoxy) is 3. The van der Waals surface area contributed by atoms with Crippen molar-refractivity contribution in [2.24, 2.45) is 0 Å². The van der Waals surface area contributed by atoms with Crippen LogP contribution in [0.1, 0.15) is 64.0 Å². The molecule has 0 spiro atoms. The van der Waals surface area contributed by atoms with Crippen molar-refractivity contribution >= 4 is 35.4 Å². The van der Waals surface area contributed by atoms with Crippen LogP contribution in [0.4, 0.5) is 4.79 Å². The first kappa shape index (κ1) is 29.8. The van der Waals surface area contributed by atoms with Crippen molar-refractivity contribution in [1.82, 2.24) is 5.32 Å². The number of hydrogen-bond donors (Lipinski definition) is 1. The number of amides is 1. The predicted molar refractivity (Wildman–Crippen MR) is 147 cm³/mol. The van der Waals surface area contributed by atoms with Gasteiger partial charge in [0.2, 0.25) is 0 Å². The Bertz CT molecular complexity index is 969. The second-order valence-electron chi connectivity index (χ2n) is 8.33. The fourth-order valence-electron chi connectivity index (χ4n) is 3.32. The molecule has 0 atom stereocenters. The lowest BCUT2D eigenvalue weighted by Gasteiger charge is -2.14.